The Bertz CT molecular complexity index is 121. The first-order valence-corrected chi connectivity index (χ1v) is 4.35. The van der Waals surface area contributed by atoms with E-state index in [4.69, 9.17) is 5.73 Å². The van der Waals surface area contributed by atoms with Gasteiger partial charge in [0.25, 0.3) is 0 Å². The van der Waals surface area contributed by atoms with Gasteiger partial charge in [0.2, 0.25) is 0 Å². The Morgan fingerprint density at radius 2 is 2.00 bits per heavy atom. The summed E-state index contributed by atoms with van der Waals surface area (Å²) in [5.74, 6) is 0.806. The maximum atomic E-state index is 10.9. The second-order valence-electron chi connectivity index (χ2n) is 3.34. The standard InChI is InChI=1S/C9H19NO/c1-4-8(11)5-6-9(10)7(2)3/h7,9H,4-6,10H2,1-3H3/t9-/m1/s1. The predicted octanol–water partition coefficient (Wildman–Crippen LogP) is 1.73. The quantitative estimate of drug-likeness (QED) is 0.660. The van der Waals surface area contributed by atoms with Crippen LogP contribution < -0.4 is 5.73 Å². The van der Waals surface area contributed by atoms with E-state index in [-0.39, 0.29) is 6.04 Å². The van der Waals surface area contributed by atoms with Gasteiger partial charge in [-0.2, -0.15) is 0 Å². The largest absolute Gasteiger partial charge is 0.327 e. The topological polar surface area (TPSA) is 43.1 Å². The van der Waals surface area contributed by atoms with E-state index in [9.17, 15) is 4.79 Å². The normalized spacial score (nSPS) is 13.5. The van der Waals surface area contributed by atoms with Crippen LogP contribution in [0.4, 0.5) is 0 Å². The fourth-order valence-corrected chi connectivity index (χ4v) is 0.838. The molecule has 0 aliphatic carbocycles. The third-order valence-electron chi connectivity index (χ3n) is 2.01. The lowest BCUT2D eigenvalue weighted by Gasteiger charge is -2.13. The first-order valence-electron chi connectivity index (χ1n) is 4.35. The van der Waals surface area contributed by atoms with Crippen molar-refractivity contribution in [3.05, 3.63) is 0 Å². The van der Waals surface area contributed by atoms with E-state index in [0.717, 1.165) is 6.42 Å². The molecule has 0 spiro atoms. The van der Waals surface area contributed by atoms with Gasteiger partial charge in [-0.3, -0.25) is 4.79 Å². The number of hydrogen-bond donors (Lipinski definition) is 1. The van der Waals surface area contributed by atoms with Crippen molar-refractivity contribution in [3.8, 4) is 0 Å². The number of Topliss-reactive ketones (excluding diaryl/α,β-unsaturated/α-hetero) is 1. The first-order chi connectivity index (χ1) is 5.07. The van der Waals surface area contributed by atoms with E-state index in [0.29, 0.717) is 24.5 Å². The van der Waals surface area contributed by atoms with Crippen molar-refractivity contribution in [3.63, 3.8) is 0 Å². The van der Waals surface area contributed by atoms with Crippen molar-refractivity contribution in [2.75, 3.05) is 0 Å². The van der Waals surface area contributed by atoms with Crippen LogP contribution in [-0.4, -0.2) is 11.8 Å². The summed E-state index contributed by atoms with van der Waals surface area (Å²) >= 11 is 0. The van der Waals surface area contributed by atoms with Crippen molar-refractivity contribution < 1.29 is 4.79 Å². The Hall–Kier alpha value is -0.370. The summed E-state index contributed by atoms with van der Waals surface area (Å²) in [6, 6.07) is 0.186. The Morgan fingerprint density at radius 3 is 2.36 bits per heavy atom. The monoisotopic (exact) mass is 157 g/mol. The number of ketones is 1. The van der Waals surface area contributed by atoms with Crippen molar-refractivity contribution in [2.45, 2.75) is 46.1 Å². The first kappa shape index (κ1) is 10.6. The molecule has 0 rings (SSSR count). The molecule has 66 valence electrons. The van der Waals surface area contributed by atoms with Gasteiger partial charge < -0.3 is 5.73 Å². The Morgan fingerprint density at radius 1 is 1.45 bits per heavy atom. The second kappa shape index (κ2) is 5.30. The minimum Gasteiger partial charge on any atom is -0.327 e. The van der Waals surface area contributed by atoms with Crippen molar-refractivity contribution >= 4 is 5.78 Å². The summed E-state index contributed by atoms with van der Waals surface area (Å²) in [6.07, 6.45) is 2.13. The number of hydrogen-bond acceptors (Lipinski definition) is 2. The maximum absolute atomic E-state index is 10.9. The highest BCUT2D eigenvalue weighted by Crippen LogP contribution is 2.06. The lowest BCUT2D eigenvalue weighted by molar-refractivity contribution is -0.118. The van der Waals surface area contributed by atoms with Crippen LogP contribution in [0.2, 0.25) is 0 Å². The Kier molecular flexibility index (Phi) is 5.12. The lowest BCUT2D eigenvalue weighted by Crippen LogP contribution is -2.26. The number of nitrogens with two attached hydrogens (primary N) is 1. The third-order valence-corrected chi connectivity index (χ3v) is 2.01. The molecular weight excluding hydrogens is 138 g/mol. The molecule has 0 aromatic rings. The van der Waals surface area contributed by atoms with E-state index in [1.54, 1.807) is 0 Å². The van der Waals surface area contributed by atoms with Crippen LogP contribution in [0, 0.1) is 5.92 Å². The van der Waals surface area contributed by atoms with Gasteiger partial charge in [0.1, 0.15) is 5.78 Å². The average molecular weight is 157 g/mol. The summed E-state index contributed by atoms with van der Waals surface area (Å²) in [5, 5.41) is 0. The number of carbonyl (C=O) groups excluding carboxylic acids is 1. The summed E-state index contributed by atoms with van der Waals surface area (Å²) in [7, 11) is 0. The molecule has 0 amide bonds. The molecule has 2 heteroatoms. The van der Waals surface area contributed by atoms with E-state index in [2.05, 4.69) is 13.8 Å². The molecule has 2 N–H and O–H groups in total. The summed E-state index contributed by atoms with van der Waals surface area (Å²) in [5.41, 5.74) is 5.77. The van der Waals surface area contributed by atoms with Gasteiger partial charge in [-0.1, -0.05) is 20.8 Å². The van der Waals surface area contributed by atoms with Gasteiger partial charge in [-0.05, 0) is 12.3 Å². The van der Waals surface area contributed by atoms with Crippen molar-refractivity contribution in [1.82, 2.24) is 0 Å². The second-order valence-corrected chi connectivity index (χ2v) is 3.34. The van der Waals surface area contributed by atoms with E-state index in [1.165, 1.54) is 0 Å². The third kappa shape index (κ3) is 4.96. The maximum Gasteiger partial charge on any atom is 0.132 e. The molecule has 0 bridgehead atoms. The van der Waals surface area contributed by atoms with E-state index >= 15 is 0 Å². The van der Waals surface area contributed by atoms with Crippen LogP contribution in [0.25, 0.3) is 0 Å². The summed E-state index contributed by atoms with van der Waals surface area (Å²) in [6.45, 7) is 6.06. The van der Waals surface area contributed by atoms with Crippen molar-refractivity contribution in [2.24, 2.45) is 11.7 Å². The molecule has 0 saturated heterocycles. The van der Waals surface area contributed by atoms with Gasteiger partial charge in [0.15, 0.2) is 0 Å². The molecular formula is C9H19NO. The molecule has 0 fully saturated rings. The van der Waals surface area contributed by atoms with E-state index in [1.807, 2.05) is 6.92 Å². The van der Waals surface area contributed by atoms with Gasteiger partial charge in [-0.15, -0.1) is 0 Å². The zero-order valence-corrected chi connectivity index (χ0v) is 7.76. The highest BCUT2D eigenvalue weighted by Gasteiger charge is 2.08. The molecule has 2 nitrogen and oxygen atoms in total. The fraction of sp³-hybridized carbons (Fsp3) is 0.889. The Balaban J connectivity index is 3.45. The van der Waals surface area contributed by atoms with Gasteiger partial charge in [0, 0.05) is 18.9 Å². The molecule has 0 aliphatic heterocycles. The van der Waals surface area contributed by atoms with Crippen LogP contribution in [0.1, 0.15) is 40.0 Å². The van der Waals surface area contributed by atoms with Crippen LogP contribution >= 0.6 is 0 Å². The SMILES string of the molecule is CCC(=O)CC[C@@H](N)C(C)C. The van der Waals surface area contributed by atoms with Gasteiger partial charge in [-0.25, -0.2) is 0 Å². The fourth-order valence-electron chi connectivity index (χ4n) is 0.838. The molecule has 0 aromatic carbocycles. The Labute approximate surface area is 69.2 Å². The van der Waals surface area contributed by atoms with Gasteiger partial charge in [0.05, 0.1) is 0 Å². The van der Waals surface area contributed by atoms with Crippen LogP contribution in [0.15, 0.2) is 0 Å². The average Bonchev–Trinajstić information content (AvgIpc) is 1.99. The molecule has 0 aliphatic rings. The van der Waals surface area contributed by atoms with E-state index < -0.39 is 0 Å². The molecule has 0 unspecified atom stereocenters. The highest BCUT2D eigenvalue weighted by molar-refractivity contribution is 5.77. The van der Waals surface area contributed by atoms with Crippen LogP contribution in [0.3, 0.4) is 0 Å². The predicted molar refractivity (Wildman–Crippen MR) is 47.3 cm³/mol. The zero-order valence-electron chi connectivity index (χ0n) is 7.76. The summed E-state index contributed by atoms with van der Waals surface area (Å²) in [4.78, 5) is 10.9. The molecule has 11 heavy (non-hydrogen) atoms. The van der Waals surface area contributed by atoms with Crippen molar-refractivity contribution in [1.29, 1.82) is 0 Å². The zero-order chi connectivity index (χ0) is 8.85. The lowest BCUT2D eigenvalue weighted by atomic mass is 9.99. The van der Waals surface area contributed by atoms with Gasteiger partial charge >= 0.3 is 0 Å². The van der Waals surface area contributed by atoms with Crippen LogP contribution in [-0.2, 0) is 4.79 Å². The minimum atomic E-state index is 0.186. The summed E-state index contributed by atoms with van der Waals surface area (Å²) < 4.78 is 0. The number of rotatable bonds is 5. The number of carbonyl (C=O) groups is 1. The molecule has 1 atom stereocenters. The smallest absolute Gasteiger partial charge is 0.132 e. The molecule has 0 saturated carbocycles. The molecule has 0 radical (unpaired) electrons. The highest BCUT2D eigenvalue weighted by atomic mass is 16.1. The molecule has 0 aromatic heterocycles. The molecule has 0 heterocycles. The van der Waals surface area contributed by atoms with Crippen LogP contribution in [0.5, 0.6) is 0 Å². The minimum absolute atomic E-state index is 0.186.